The molecule has 11 heteroatoms. The third-order valence-corrected chi connectivity index (χ3v) is 18.5. The summed E-state index contributed by atoms with van der Waals surface area (Å²) in [4.78, 5) is 25.1. The lowest BCUT2D eigenvalue weighted by Crippen LogP contribution is -2.60. The Balaban J connectivity index is 0.927. The Bertz CT molecular complexity index is 4250. The van der Waals surface area contributed by atoms with Gasteiger partial charge in [0.15, 0.2) is 10.7 Å². The van der Waals surface area contributed by atoms with E-state index in [-0.39, 0.29) is 13.4 Å². The molecule has 0 fully saturated rings. The van der Waals surface area contributed by atoms with Crippen LogP contribution in [0.2, 0.25) is 0 Å². The van der Waals surface area contributed by atoms with E-state index >= 15 is 0 Å². The Labute approximate surface area is 440 Å². The van der Waals surface area contributed by atoms with Gasteiger partial charge in [0.1, 0.15) is 5.52 Å². The fourth-order valence-electron chi connectivity index (χ4n) is 12.0. The minimum absolute atomic E-state index is 0.102. The van der Waals surface area contributed by atoms with E-state index in [2.05, 4.69) is 210 Å². The van der Waals surface area contributed by atoms with Crippen LogP contribution in [-0.4, -0.2) is 28.4 Å². The predicted octanol–water partition coefficient (Wildman–Crippen LogP) is 12.9. The van der Waals surface area contributed by atoms with Crippen molar-refractivity contribution in [3.63, 3.8) is 0 Å². The highest BCUT2D eigenvalue weighted by atomic mass is 32.2. The van der Waals surface area contributed by atoms with Gasteiger partial charge in [0.05, 0.1) is 32.7 Å². The van der Waals surface area contributed by atoms with Crippen molar-refractivity contribution in [3.8, 4) is 44.1 Å². The van der Waals surface area contributed by atoms with Crippen LogP contribution in [0, 0.1) is 0 Å². The normalized spacial score (nSPS) is 13.5. The summed E-state index contributed by atoms with van der Waals surface area (Å²) in [5, 5.41) is 2.09. The van der Waals surface area contributed by atoms with Crippen LogP contribution in [0.3, 0.4) is 0 Å². The third kappa shape index (κ3) is 6.15. The van der Waals surface area contributed by atoms with Crippen molar-refractivity contribution in [2.24, 2.45) is 0 Å². The van der Waals surface area contributed by atoms with E-state index in [0.29, 0.717) is 0 Å². The zero-order valence-corrected chi connectivity index (χ0v) is 41.8. The molecule has 0 spiro atoms. The highest BCUT2D eigenvalue weighted by Crippen LogP contribution is 2.53. The molecule has 9 heterocycles. The Morgan fingerprint density at radius 1 is 0.419 bits per heavy atom. The average molecular weight is 998 g/mol. The van der Waals surface area contributed by atoms with E-state index in [9.17, 15) is 0 Å². The number of aromatic nitrogens is 3. The second-order valence-electron chi connectivity index (χ2n) is 18.9. The quantitative estimate of drug-likeness (QED) is 0.153. The number of rotatable bonds is 6. The minimum Gasteiger partial charge on any atom is -0.447 e. The molecule has 4 aliphatic heterocycles. The molecule has 0 saturated heterocycles. The minimum atomic E-state index is -0.145. The van der Waals surface area contributed by atoms with Crippen molar-refractivity contribution < 1.29 is 4.42 Å². The summed E-state index contributed by atoms with van der Waals surface area (Å²) >= 11 is 5.41. The molecule has 0 aliphatic carbocycles. The lowest BCUT2D eigenvalue weighted by Gasteiger charge is -2.39. The molecule has 0 amide bonds. The molecule has 0 unspecified atom stereocenters. The summed E-state index contributed by atoms with van der Waals surface area (Å²) in [6.07, 6.45) is 5.95. The van der Waals surface area contributed by atoms with E-state index in [0.717, 1.165) is 83.0 Å². The van der Waals surface area contributed by atoms with Gasteiger partial charge in [0, 0.05) is 66.9 Å². The molecule has 0 atom stereocenters. The lowest BCUT2D eigenvalue weighted by molar-refractivity contribution is 0.514. The van der Waals surface area contributed by atoms with Crippen LogP contribution in [-0.2, 0) is 0 Å². The van der Waals surface area contributed by atoms with Gasteiger partial charge < -0.3 is 14.2 Å². The van der Waals surface area contributed by atoms with Crippen LogP contribution < -0.4 is 42.6 Å². The summed E-state index contributed by atoms with van der Waals surface area (Å²) in [6, 6.07) is 74.0. The number of benzene rings is 7. The number of thiophene rings is 1. The van der Waals surface area contributed by atoms with Gasteiger partial charge in [-0.25, -0.2) is 0 Å². The molecule has 344 valence electrons. The highest BCUT2D eigenvalue weighted by Gasteiger charge is 2.48. The molecule has 74 heavy (non-hydrogen) atoms. The Morgan fingerprint density at radius 3 is 1.65 bits per heavy atom. The largest absolute Gasteiger partial charge is 0.447 e. The average Bonchev–Trinajstić information content (AvgIpc) is 4.09. The van der Waals surface area contributed by atoms with Crippen molar-refractivity contribution in [1.82, 2.24) is 15.0 Å². The summed E-state index contributed by atoms with van der Waals surface area (Å²) < 4.78 is 7.38. The zero-order valence-electron chi connectivity index (χ0n) is 39.4. The van der Waals surface area contributed by atoms with Crippen LogP contribution >= 0.6 is 34.9 Å². The predicted molar refractivity (Wildman–Crippen MR) is 309 cm³/mol. The van der Waals surface area contributed by atoms with Gasteiger partial charge in [0.2, 0.25) is 0 Å². The number of para-hydroxylation sites is 3. The van der Waals surface area contributed by atoms with Gasteiger partial charge >= 0.3 is 0 Å². The summed E-state index contributed by atoms with van der Waals surface area (Å²) in [6.45, 7) is -0.247. The first kappa shape index (κ1) is 42.2. The van der Waals surface area contributed by atoms with Gasteiger partial charge in [0.25, 0.3) is 13.4 Å². The maximum Gasteiger partial charge on any atom is 0.256 e. The molecule has 0 saturated carbocycles. The van der Waals surface area contributed by atoms with Crippen molar-refractivity contribution in [2.75, 3.05) is 9.80 Å². The van der Waals surface area contributed by atoms with E-state index in [1.165, 1.54) is 58.2 Å². The molecule has 4 aliphatic rings. The highest BCUT2D eigenvalue weighted by molar-refractivity contribution is 8.00. The number of furan rings is 1. The first-order valence-corrected chi connectivity index (χ1v) is 27.3. The number of hydrogen-bond donors (Lipinski definition) is 0. The van der Waals surface area contributed by atoms with Crippen LogP contribution in [0.1, 0.15) is 0 Å². The standard InChI is InChI=1S/C63H37B2N5OS3/c1-3-19-38(20-4-1)53-56-62(74-60(53)39-21-5-2-6-22-39)70(47-29-11-8-24-41(47)45-27-14-16-36-67-45)50-32-18-33-51-55(50)65(56)43-37-68-58-57-63(71-59(58)61(43)72-51)73-52-34-17-31-49-54(52)64(57)42-25-9-12-30-48(42)69(49)46-28-10-7-23-40(46)44-26-13-15-35-66-44/h1-37H. The maximum atomic E-state index is 7.38. The Hall–Kier alpha value is -8.34. The number of fused-ring (bicyclic) bond motifs is 11. The van der Waals surface area contributed by atoms with Crippen LogP contribution in [0.25, 0.3) is 55.2 Å². The number of pyridine rings is 3. The van der Waals surface area contributed by atoms with Gasteiger partial charge in [-0.1, -0.05) is 163 Å². The molecule has 0 N–H and O–H groups in total. The topological polar surface area (TPSA) is 58.3 Å². The molecule has 0 bridgehead atoms. The fraction of sp³-hybridized carbons (Fsp3) is 0. The molecule has 7 aromatic carbocycles. The molecular weight excluding hydrogens is 961 g/mol. The van der Waals surface area contributed by atoms with Crippen molar-refractivity contribution in [2.45, 2.75) is 19.8 Å². The molecule has 6 nitrogen and oxygen atoms in total. The van der Waals surface area contributed by atoms with Crippen LogP contribution in [0.4, 0.5) is 33.4 Å². The molecule has 5 aromatic heterocycles. The molecule has 0 radical (unpaired) electrons. The molecule has 16 rings (SSSR count). The van der Waals surface area contributed by atoms with Gasteiger partial charge in [-0.2, -0.15) is 0 Å². The first-order chi connectivity index (χ1) is 36.8. The maximum absolute atomic E-state index is 7.38. The summed E-state index contributed by atoms with van der Waals surface area (Å²) in [7, 11) is 0. The SMILES string of the molecule is c1ccc(-c2sc3c(c2-c2ccccc2)B2c4cnc5c6c(oc5c4Sc4cccc(c42)N3c2ccccc2-c2ccccn2)Sc2cccc3c2B6c2ccccc2N3c2ccccc2-c2ccccn2)cc1. The molecular formula is C63H37B2N5OS3. The zero-order chi connectivity index (χ0) is 48.4. The summed E-state index contributed by atoms with van der Waals surface area (Å²) in [5.41, 5.74) is 22.4. The smallest absolute Gasteiger partial charge is 0.256 e. The van der Waals surface area contributed by atoms with Crippen LogP contribution in [0.15, 0.2) is 249 Å². The fourth-order valence-corrected chi connectivity index (χ4v) is 15.8. The second kappa shape index (κ2) is 16.6. The second-order valence-corrected chi connectivity index (χ2v) is 22.0. The van der Waals surface area contributed by atoms with Crippen molar-refractivity contribution >= 4 is 126 Å². The summed E-state index contributed by atoms with van der Waals surface area (Å²) in [5.74, 6) is 0. The monoisotopic (exact) mass is 997 g/mol. The van der Waals surface area contributed by atoms with Gasteiger partial charge in [-0.3, -0.25) is 15.0 Å². The van der Waals surface area contributed by atoms with Gasteiger partial charge in [-0.05, 0) is 111 Å². The Morgan fingerprint density at radius 2 is 0.973 bits per heavy atom. The number of anilines is 6. The number of nitrogens with zero attached hydrogens (tertiary/aromatic N) is 5. The van der Waals surface area contributed by atoms with Gasteiger partial charge in [-0.15, -0.1) is 11.3 Å². The van der Waals surface area contributed by atoms with E-state index < -0.39 is 0 Å². The third-order valence-electron chi connectivity index (χ3n) is 15.0. The van der Waals surface area contributed by atoms with E-state index in [1.54, 1.807) is 11.8 Å². The first-order valence-electron chi connectivity index (χ1n) is 24.8. The van der Waals surface area contributed by atoms with Crippen molar-refractivity contribution in [3.05, 3.63) is 225 Å². The van der Waals surface area contributed by atoms with E-state index in [1.807, 2.05) is 47.6 Å². The van der Waals surface area contributed by atoms with E-state index in [4.69, 9.17) is 19.4 Å². The number of hydrogen-bond acceptors (Lipinski definition) is 9. The van der Waals surface area contributed by atoms with Crippen LogP contribution in [0.5, 0.6) is 0 Å². The van der Waals surface area contributed by atoms with Crippen molar-refractivity contribution in [1.29, 1.82) is 0 Å². The molecule has 12 aromatic rings. The Kier molecular flexibility index (Phi) is 9.46. The lowest BCUT2D eigenvalue weighted by atomic mass is 9.34.